The largest absolute Gasteiger partial charge is 0.454 e. The van der Waals surface area contributed by atoms with Crippen molar-refractivity contribution in [3.8, 4) is 11.5 Å². The SMILES string of the molecule is CN(C)CC(C)(C)CNC(=O)CCc1ccc2c(c1)OCO2. The number of ether oxygens (including phenoxy) is 2. The van der Waals surface area contributed by atoms with Crippen LogP contribution in [0.5, 0.6) is 11.5 Å². The van der Waals surface area contributed by atoms with Gasteiger partial charge in [0.1, 0.15) is 0 Å². The third-order valence-corrected chi connectivity index (χ3v) is 3.59. The molecule has 22 heavy (non-hydrogen) atoms. The Kier molecular flexibility index (Phi) is 5.29. The second-order valence-electron chi connectivity index (χ2n) is 6.87. The molecule has 1 heterocycles. The topological polar surface area (TPSA) is 50.8 Å². The summed E-state index contributed by atoms with van der Waals surface area (Å²) in [6.07, 6.45) is 1.19. The molecule has 1 aliphatic rings. The first-order chi connectivity index (χ1) is 10.4. The number of amides is 1. The van der Waals surface area contributed by atoms with E-state index in [1.54, 1.807) is 0 Å². The molecule has 0 saturated heterocycles. The van der Waals surface area contributed by atoms with Gasteiger partial charge in [-0.15, -0.1) is 0 Å². The summed E-state index contributed by atoms with van der Waals surface area (Å²) in [5.41, 5.74) is 1.16. The highest BCUT2D eigenvalue weighted by atomic mass is 16.7. The number of carbonyl (C=O) groups excluding carboxylic acids is 1. The Labute approximate surface area is 132 Å². The van der Waals surface area contributed by atoms with E-state index < -0.39 is 0 Å². The molecule has 0 aliphatic carbocycles. The number of hydrogen-bond acceptors (Lipinski definition) is 4. The number of nitrogens with zero attached hydrogens (tertiary/aromatic N) is 1. The van der Waals surface area contributed by atoms with Gasteiger partial charge >= 0.3 is 0 Å². The first-order valence-corrected chi connectivity index (χ1v) is 7.66. The van der Waals surface area contributed by atoms with Crippen molar-refractivity contribution in [1.29, 1.82) is 0 Å². The molecule has 0 bridgehead atoms. The Hall–Kier alpha value is -1.75. The number of benzene rings is 1. The Bertz CT molecular complexity index is 527. The van der Waals surface area contributed by atoms with Crippen molar-refractivity contribution < 1.29 is 14.3 Å². The minimum Gasteiger partial charge on any atom is -0.454 e. The van der Waals surface area contributed by atoms with Crippen molar-refractivity contribution in [3.63, 3.8) is 0 Å². The monoisotopic (exact) mass is 306 g/mol. The lowest BCUT2D eigenvalue weighted by Gasteiger charge is -2.28. The molecule has 0 unspecified atom stereocenters. The molecule has 1 aliphatic heterocycles. The van der Waals surface area contributed by atoms with Gasteiger partial charge in [-0.1, -0.05) is 19.9 Å². The molecular weight excluding hydrogens is 280 g/mol. The van der Waals surface area contributed by atoms with Crippen LogP contribution in [0.2, 0.25) is 0 Å². The van der Waals surface area contributed by atoms with E-state index in [1.165, 1.54) is 0 Å². The van der Waals surface area contributed by atoms with E-state index in [0.29, 0.717) is 19.4 Å². The Morgan fingerprint density at radius 3 is 2.73 bits per heavy atom. The third kappa shape index (κ3) is 4.91. The van der Waals surface area contributed by atoms with Gasteiger partial charge in [0.2, 0.25) is 12.7 Å². The zero-order valence-electron chi connectivity index (χ0n) is 13.9. The van der Waals surface area contributed by atoms with Crippen molar-refractivity contribution in [1.82, 2.24) is 10.2 Å². The predicted octanol–water partition coefficient (Wildman–Crippen LogP) is 2.05. The van der Waals surface area contributed by atoms with E-state index in [9.17, 15) is 4.79 Å². The summed E-state index contributed by atoms with van der Waals surface area (Å²) in [7, 11) is 4.09. The van der Waals surface area contributed by atoms with Gasteiger partial charge in [-0.05, 0) is 43.6 Å². The van der Waals surface area contributed by atoms with Gasteiger partial charge in [-0.3, -0.25) is 4.79 Å². The van der Waals surface area contributed by atoms with Crippen LogP contribution in [0.4, 0.5) is 0 Å². The average molecular weight is 306 g/mol. The molecule has 0 atom stereocenters. The van der Waals surface area contributed by atoms with Crippen molar-refractivity contribution in [2.75, 3.05) is 34.0 Å². The van der Waals surface area contributed by atoms with Crippen molar-refractivity contribution >= 4 is 5.91 Å². The molecule has 0 saturated carbocycles. The summed E-state index contributed by atoms with van der Waals surface area (Å²) in [5, 5.41) is 3.03. The van der Waals surface area contributed by atoms with Crippen LogP contribution >= 0.6 is 0 Å². The fraction of sp³-hybridized carbons (Fsp3) is 0.588. The number of rotatable bonds is 7. The van der Waals surface area contributed by atoms with Crippen LogP contribution in [0.25, 0.3) is 0 Å². The van der Waals surface area contributed by atoms with Gasteiger partial charge in [0, 0.05) is 19.5 Å². The molecule has 1 aromatic rings. The van der Waals surface area contributed by atoms with Gasteiger partial charge in [0.25, 0.3) is 0 Å². The summed E-state index contributed by atoms with van der Waals surface area (Å²) < 4.78 is 10.6. The minimum atomic E-state index is 0.0674. The molecule has 0 fully saturated rings. The first-order valence-electron chi connectivity index (χ1n) is 7.66. The van der Waals surface area contributed by atoms with Gasteiger partial charge < -0.3 is 19.7 Å². The van der Waals surface area contributed by atoms with Crippen molar-refractivity contribution in [3.05, 3.63) is 23.8 Å². The van der Waals surface area contributed by atoms with E-state index in [0.717, 1.165) is 23.6 Å². The van der Waals surface area contributed by atoms with Gasteiger partial charge in [0.15, 0.2) is 11.5 Å². The second-order valence-corrected chi connectivity index (χ2v) is 6.87. The summed E-state index contributed by atoms with van der Waals surface area (Å²) in [6, 6.07) is 5.83. The number of hydrogen-bond donors (Lipinski definition) is 1. The van der Waals surface area contributed by atoms with E-state index >= 15 is 0 Å². The standard InChI is InChI=1S/C17H26N2O3/c1-17(2,11-19(3)4)10-18-16(20)8-6-13-5-7-14-15(9-13)22-12-21-14/h5,7,9H,6,8,10-12H2,1-4H3,(H,18,20). The lowest BCUT2D eigenvalue weighted by atomic mass is 9.93. The Morgan fingerprint density at radius 2 is 2.00 bits per heavy atom. The molecule has 2 rings (SSSR count). The molecule has 0 spiro atoms. The summed E-state index contributed by atoms with van der Waals surface area (Å²) in [4.78, 5) is 14.1. The van der Waals surface area contributed by atoms with Crippen molar-refractivity contribution in [2.24, 2.45) is 5.41 Å². The zero-order valence-corrected chi connectivity index (χ0v) is 13.9. The highest BCUT2D eigenvalue weighted by Gasteiger charge is 2.20. The van der Waals surface area contributed by atoms with Crippen LogP contribution in [0, 0.1) is 5.41 Å². The summed E-state index contributed by atoms with van der Waals surface area (Å²) in [5.74, 6) is 1.63. The zero-order chi connectivity index (χ0) is 16.2. The third-order valence-electron chi connectivity index (χ3n) is 3.59. The molecule has 0 aromatic heterocycles. The van der Waals surface area contributed by atoms with E-state index in [2.05, 4.69) is 24.1 Å². The average Bonchev–Trinajstić information content (AvgIpc) is 2.89. The molecule has 1 N–H and O–H groups in total. The van der Waals surface area contributed by atoms with Gasteiger partial charge in [-0.2, -0.15) is 0 Å². The molecule has 122 valence electrons. The maximum absolute atomic E-state index is 12.0. The van der Waals surface area contributed by atoms with Gasteiger partial charge in [0.05, 0.1) is 0 Å². The van der Waals surface area contributed by atoms with E-state index in [4.69, 9.17) is 9.47 Å². The Balaban J connectivity index is 1.76. The fourth-order valence-electron chi connectivity index (χ4n) is 2.69. The van der Waals surface area contributed by atoms with Crippen LogP contribution in [-0.2, 0) is 11.2 Å². The Morgan fingerprint density at radius 1 is 1.27 bits per heavy atom. The first kappa shape index (κ1) is 16.6. The number of carbonyl (C=O) groups is 1. The minimum absolute atomic E-state index is 0.0674. The molecule has 1 amide bonds. The quantitative estimate of drug-likeness (QED) is 0.838. The van der Waals surface area contributed by atoms with Crippen LogP contribution in [0.3, 0.4) is 0 Å². The lowest BCUT2D eigenvalue weighted by Crippen LogP contribution is -2.40. The van der Waals surface area contributed by atoms with Crippen LogP contribution in [0.1, 0.15) is 25.8 Å². The van der Waals surface area contributed by atoms with Crippen molar-refractivity contribution in [2.45, 2.75) is 26.7 Å². The lowest BCUT2D eigenvalue weighted by molar-refractivity contribution is -0.121. The second kappa shape index (κ2) is 7.01. The van der Waals surface area contributed by atoms with Crippen LogP contribution in [-0.4, -0.2) is 44.8 Å². The normalized spacial score (nSPS) is 13.5. The van der Waals surface area contributed by atoms with E-state index in [1.807, 2.05) is 32.3 Å². The summed E-state index contributed by atoms with van der Waals surface area (Å²) in [6.45, 7) is 6.22. The molecular formula is C17H26N2O3. The number of fused-ring (bicyclic) bond motifs is 1. The fourth-order valence-corrected chi connectivity index (χ4v) is 2.69. The molecule has 5 heteroatoms. The molecule has 5 nitrogen and oxygen atoms in total. The molecule has 1 aromatic carbocycles. The highest BCUT2D eigenvalue weighted by molar-refractivity contribution is 5.76. The predicted molar refractivity (Wildman–Crippen MR) is 86.2 cm³/mol. The van der Waals surface area contributed by atoms with E-state index in [-0.39, 0.29) is 18.1 Å². The maximum atomic E-state index is 12.0. The highest BCUT2D eigenvalue weighted by Crippen LogP contribution is 2.32. The van der Waals surface area contributed by atoms with Crippen LogP contribution < -0.4 is 14.8 Å². The van der Waals surface area contributed by atoms with Crippen LogP contribution in [0.15, 0.2) is 18.2 Å². The number of nitrogens with one attached hydrogen (secondary N) is 1. The smallest absolute Gasteiger partial charge is 0.231 e. The maximum Gasteiger partial charge on any atom is 0.231 e. The molecule has 0 radical (unpaired) electrons. The summed E-state index contributed by atoms with van der Waals surface area (Å²) >= 11 is 0. The van der Waals surface area contributed by atoms with Gasteiger partial charge in [-0.25, -0.2) is 0 Å². The number of aryl methyl sites for hydroxylation is 1.